The van der Waals surface area contributed by atoms with Gasteiger partial charge in [0.2, 0.25) is 5.91 Å². The number of anilines is 1. The van der Waals surface area contributed by atoms with Gasteiger partial charge in [0, 0.05) is 11.8 Å². The fourth-order valence-corrected chi connectivity index (χ4v) is 4.04. The zero-order valence-corrected chi connectivity index (χ0v) is 20.3. The van der Waals surface area contributed by atoms with E-state index in [0.29, 0.717) is 33.6 Å². The molecular formula is C29H24N4O4. The third-order valence-corrected chi connectivity index (χ3v) is 5.74. The molecule has 1 N–H and O–H groups in total. The van der Waals surface area contributed by atoms with E-state index in [2.05, 4.69) is 5.32 Å². The van der Waals surface area contributed by atoms with E-state index in [0.717, 1.165) is 5.56 Å². The van der Waals surface area contributed by atoms with Crippen molar-refractivity contribution >= 4 is 46.0 Å². The van der Waals surface area contributed by atoms with Gasteiger partial charge in [-0.25, -0.2) is 14.8 Å². The third-order valence-electron chi connectivity index (χ3n) is 5.74. The largest absolute Gasteiger partial charge is 0.497 e. The van der Waals surface area contributed by atoms with Gasteiger partial charge in [0.05, 0.1) is 24.8 Å². The van der Waals surface area contributed by atoms with Crippen LogP contribution in [0.4, 0.5) is 5.82 Å². The molecule has 0 saturated carbocycles. The van der Waals surface area contributed by atoms with Crippen LogP contribution >= 0.6 is 0 Å². The maximum atomic E-state index is 13.2. The number of benzene rings is 3. The van der Waals surface area contributed by atoms with Crippen molar-refractivity contribution in [2.45, 2.75) is 6.92 Å². The number of aromatic nitrogens is 3. The molecule has 5 rings (SSSR count). The SMILES string of the molecule is CCOC(=O)c1c(NC(=O)C=Cc2ccccc2)n(-c2ccc(OC)cc2)c2nc3ccccc3nc12. The molecule has 0 aliphatic carbocycles. The minimum absolute atomic E-state index is 0.132. The van der Waals surface area contributed by atoms with Crippen LogP contribution in [0, 0.1) is 0 Å². The number of nitrogens with one attached hydrogen (secondary N) is 1. The zero-order valence-electron chi connectivity index (χ0n) is 20.3. The predicted molar refractivity (Wildman–Crippen MR) is 143 cm³/mol. The van der Waals surface area contributed by atoms with E-state index in [-0.39, 0.29) is 18.0 Å². The Hall–Kier alpha value is -4.98. The molecule has 184 valence electrons. The van der Waals surface area contributed by atoms with Gasteiger partial charge in [0.15, 0.2) is 5.65 Å². The van der Waals surface area contributed by atoms with Crippen molar-refractivity contribution in [3.05, 3.63) is 96.1 Å². The van der Waals surface area contributed by atoms with Crippen molar-refractivity contribution in [2.24, 2.45) is 0 Å². The molecule has 37 heavy (non-hydrogen) atoms. The van der Waals surface area contributed by atoms with Gasteiger partial charge in [-0.1, -0.05) is 42.5 Å². The number of ether oxygens (including phenoxy) is 2. The second kappa shape index (κ2) is 10.3. The molecule has 0 spiro atoms. The highest BCUT2D eigenvalue weighted by Crippen LogP contribution is 2.34. The summed E-state index contributed by atoms with van der Waals surface area (Å²) in [6.45, 7) is 1.89. The first-order valence-electron chi connectivity index (χ1n) is 11.8. The number of amides is 1. The molecule has 2 aromatic heterocycles. The van der Waals surface area contributed by atoms with Gasteiger partial charge in [-0.15, -0.1) is 0 Å². The normalized spacial score (nSPS) is 11.2. The Labute approximate surface area is 213 Å². The lowest BCUT2D eigenvalue weighted by Gasteiger charge is -2.12. The quantitative estimate of drug-likeness (QED) is 0.241. The van der Waals surface area contributed by atoms with E-state index in [4.69, 9.17) is 19.4 Å². The summed E-state index contributed by atoms with van der Waals surface area (Å²) in [6, 6.07) is 24.1. The lowest BCUT2D eigenvalue weighted by atomic mass is 10.2. The average Bonchev–Trinajstić information content (AvgIpc) is 3.23. The summed E-state index contributed by atoms with van der Waals surface area (Å²) in [5, 5.41) is 2.88. The Morgan fingerprint density at radius 2 is 1.59 bits per heavy atom. The third kappa shape index (κ3) is 4.77. The molecule has 2 heterocycles. The van der Waals surface area contributed by atoms with Gasteiger partial charge in [0.1, 0.15) is 22.6 Å². The standard InChI is InChI=1S/C29H24N4O4/c1-3-37-29(35)25-26-28(31-23-12-8-7-11-22(23)30-26)33(20-14-16-21(36-2)17-15-20)27(25)32-24(34)18-13-19-9-5-4-6-10-19/h4-18H,3H2,1-2H3,(H,32,34). The molecule has 0 bridgehead atoms. The first-order valence-corrected chi connectivity index (χ1v) is 11.8. The molecule has 8 nitrogen and oxygen atoms in total. The monoisotopic (exact) mass is 492 g/mol. The highest BCUT2D eigenvalue weighted by molar-refractivity contribution is 6.13. The maximum absolute atomic E-state index is 13.2. The molecule has 0 atom stereocenters. The minimum Gasteiger partial charge on any atom is -0.497 e. The number of methoxy groups -OCH3 is 1. The van der Waals surface area contributed by atoms with Crippen molar-refractivity contribution in [2.75, 3.05) is 19.0 Å². The van der Waals surface area contributed by atoms with Crippen LogP contribution < -0.4 is 10.1 Å². The molecule has 5 aromatic rings. The van der Waals surface area contributed by atoms with Gasteiger partial charge in [-0.3, -0.25) is 9.36 Å². The number of nitrogens with zero attached hydrogens (tertiary/aromatic N) is 3. The molecule has 8 heteroatoms. The van der Waals surface area contributed by atoms with Gasteiger partial charge >= 0.3 is 5.97 Å². The van der Waals surface area contributed by atoms with Crippen LogP contribution in [-0.4, -0.2) is 40.1 Å². The molecule has 1 amide bonds. The van der Waals surface area contributed by atoms with Crippen molar-refractivity contribution in [1.82, 2.24) is 14.5 Å². The number of fused-ring (bicyclic) bond motifs is 2. The van der Waals surface area contributed by atoms with Crippen LogP contribution in [-0.2, 0) is 9.53 Å². The van der Waals surface area contributed by atoms with E-state index in [9.17, 15) is 9.59 Å². The number of para-hydroxylation sites is 2. The number of carbonyl (C=O) groups excluding carboxylic acids is 2. The van der Waals surface area contributed by atoms with Crippen molar-refractivity contribution in [1.29, 1.82) is 0 Å². The Kier molecular flexibility index (Phi) is 6.63. The van der Waals surface area contributed by atoms with E-state index in [1.54, 1.807) is 36.8 Å². The van der Waals surface area contributed by atoms with Crippen LogP contribution in [0.1, 0.15) is 22.8 Å². The van der Waals surface area contributed by atoms with E-state index < -0.39 is 11.9 Å². The van der Waals surface area contributed by atoms with Crippen LogP contribution in [0.3, 0.4) is 0 Å². The van der Waals surface area contributed by atoms with Gasteiger partial charge in [0.25, 0.3) is 0 Å². The number of hydrogen-bond donors (Lipinski definition) is 1. The molecule has 0 radical (unpaired) electrons. The van der Waals surface area contributed by atoms with Crippen molar-refractivity contribution < 1.29 is 19.1 Å². The fraction of sp³-hybridized carbons (Fsp3) is 0.103. The highest BCUT2D eigenvalue weighted by Gasteiger charge is 2.28. The summed E-state index contributed by atoms with van der Waals surface area (Å²) in [4.78, 5) is 35.9. The second-order valence-electron chi connectivity index (χ2n) is 8.10. The Bertz CT molecular complexity index is 1620. The van der Waals surface area contributed by atoms with E-state index in [1.165, 1.54) is 6.08 Å². The van der Waals surface area contributed by atoms with E-state index in [1.807, 2.05) is 66.7 Å². The lowest BCUT2D eigenvalue weighted by Crippen LogP contribution is -2.16. The van der Waals surface area contributed by atoms with Crippen LogP contribution in [0.2, 0.25) is 0 Å². The molecule has 0 saturated heterocycles. The topological polar surface area (TPSA) is 95.3 Å². The average molecular weight is 493 g/mol. The smallest absolute Gasteiger partial charge is 0.344 e. The van der Waals surface area contributed by atoms with E-state index >= 15 is 0 Å². The maximum Gasteiger partial charge on any atom is 0.344 e. The summed E-state index contributed by atoms with van der Waals surface area (Å²) in [7, 11) is 1.58. The highest BCUT2D eigenvalue weighted by atomic mass is 16.5. The Morgan fingerprint density at radius 1 is 0.919 bits per heavy atom. The molecule has 0 unspecified atom stereocenters. The second-order valence-corrected chi connectivity index (χ2v) is 8.10. The summed E-state index contributed by atoms with van der Waals surface area (Å²) in [6.07, 6.45) is 3.11. The van der Waals surface area contributed by atoms with Gasteiger partial charge in [-0.2, -0.15) is 0 Å². The molecule has 0 fully saturated rings. The first-order chi connectivity index (χ1) is 18.1. The van der Waals surface area contributed by atoms with Gasteiger partial charge < -0.3 is 14.8 Å². The number of rotatable bonds is 7. The van der Waals surface area contributed by atoms with Crippen molar-refractivity contribution in [3.8, 4) is 11.4 Å². The molecular weight excluding hydrogens is 468 g/mol. The number of hydrogen-bond acceptors (Lipinski definition) is 6. The van der Waals surface area contributed by atoms with Crippen LogP contribution in [0.25, 0.3) is 34.0 Å². The number of esters is 1. The lowest BCUT2D eigenvalue weighted by molar-refractivity contribution is -0.111. The van der Waals surface area contributed by atoms with Crippen molar-refractivity contribution in [3.63, 3.8) is 0 Å². The Balaban J connectivity index is 1.73. The molecule has 0 aliphatic heterocycles. The summed E-state index contributed by atoms with van der Waals surface area (Å²) in [5.74, 6) is -0.140. The Morgan fingerprint density at radius 3 is 2.27 bits per heavy atom. The molecule has 0 aliphatic rings. The van der Waals surface area contributed by atoms with Gasteiger partial charge in [-0.05, 0) is 55.0 Å². The summed E-state index contributed by atoms with van der Waals surface area (Å²) < 4.78 is 12.4. The summed E-state index contributed by atoms with van der Waals surface area (Å²) >= 11 is 0. The molecule has 3 aromatic carbocycles. The number of carbonyl (C=O) groups is 2. The minimum atomic E-state index is -0.605. The predicted octanol–water partition coefficient (Wildman–Crippen LogP) is 5.41. The van der Waals surface area contributed by atoms with Crippen LogP contribution in [0.15, 0.2) is 84.9 Å². The fourth-order valence-electron chi connectivity index (χ4n) is 4.04. The summed E-state index contributed by atoms with van der Waals surface area (Å²) in [5.41, 5.74) is 3.67. The zero-order chi connectivity index (χ0) is 25.8. The van der Waals surface area contributed by atoms with Crippen LogP contribution in [0.5, 0.6) is 5.75 Å². The first kappa shape index (κ1) is 23.7.